The number of allylic oxidation sites excluding steroid dienone is 1. The lowest BCUT2D eigenvalue weighted by Crippen LogP contribution is -2.12. The molecule has 0 aromatic heterocycles. The van der Waals surface area contributed by atoms with E-state index in [4.69, 9.17) is 4.74 Å². The molecule has 0 radical (unpaired) electrons. The van der Waals surface area contributed by atoms with Crippen LogP contribution in [-0.2, 0) is 0 Å². The molecule has 1 fully saturated rings. The summed E-state index contributed by atoms with van der Waals surface area (Å²) in [4.78, 5) is 0. The molecule has 1 saturated carbocycles. The van der Waals surface area contributed by atoms with Crippen LogP contribution in [0.3, 0.4) is 0 Å². The summed E-state index contributed by atoms with van der Waals surface area (Å²) >= 11 is 0. The molecule has 0 unspecified atom stereocenters. The van der Waals surface area contributed by atoms with Gasteiger partial charge in [-0.15, -0.1) is 0 Å². The van der Waals surface area contributed by atoms with Crippen LogP contribution < -0.4 is 4.74 Å². The first-order valence-corrected chi connectivity index (χ1v) is 12.1. The zero-order valence-corrected chi connectivity index (χ0v) is 19.8. The summed E-state index contributed by atoms with van der Waals surface area (Å²) in [5.74, 6) is -1.20. The van der Waals surface area contributed by atoms with Gasteiger partial charge < -0.3 is 4.74 Å². The first-order valence-electron chi connectivity index (χ1n) is 12.1. The average molecular weight is 465 g/mol. The molecule has 4 heteroatoms. The van der Waals surface area contributed by atoms with Crippen LogP contribution in [0.25, 0.3) is 22.3 Å². The highest BCUT2D eigenvalue weighted by Crippen LogP contribution is 2.38. The van der Waals surface area contributed by atoms with Gasteiger partial charge in [0.2, 0.25) is 5.82 Å². The van der Waals surface area contributed by atoms with Gasteiger partial charge in [-0.3, -0.25) is 0 Å². The lowest BCUT2D eigenvalue weighted by atomic mass is 9.79. The molecule has 0 heterocycles. The zero-order valence-electron chi connectivity index (χ0n) is 19.8. The zero-order chi connectivity index (χ0) is 24.1. The largest absolute Gasteiger partial charge is 0.486 e. The van der Waals surface area contributed by atoms with Crippen molar-refractivity contribution >= 4 is 0 Å². The molecule has 0 bridgehead atoms. The summed E-state index contributed by atoms with van der Waals surface area (Å²) in [5, 5.41) is 0. The van der Waals surface area contributed by atoms with Crippen LogP contribution in [-0.4, -0.2) is 6.61 Å². The summed E-state index contributed by atoms with van der Waals surface area (Å²) in [6, 6.07) is 15.5. The van der Waals surface area contributed by atoms with Crippen molar-refractivity contribution in [1.82, 2.24) is 0 Å². The molecule has 0 N–H and O–H groups in total. The van der Waals surface area contributed by atoms with Crippen LogP contribution in [0.4, 0.5) is 13.2 Å². The molecule has 0 spiro atoms. The van der Waals surface area contributed by atoms with E-state index in [-0.39, 0.29) is 23.7 Å². The molecular formula is C30H31F3O. The quantitative estimate of drug-likeness (QED) is 0.317. The standard InChI is InChI=1S/C30H31F3O/c1-3-4-5-18-34-28-17-16-26(29(32)30(28)33)23-12-10-21(11-13-23)24-14-15-25(27(31)19-24)22-8-6-20(2)7-9-22/h4-5,10-17,19-20,22H,3,6-9,18H2,1-2H3/b5-4+. The summed E-state index contributed by atoms with van der Waals surface area (Å²) in [5.41, 5.74) is 3.11. The van der Waals surface area contributed by atoms with E-state index in [0.717, 1.165) is 54.7 Å². The van der Waals surface area contributed by atoms with Gasteiger partial charge in [0.15, 0.2) is 11.6 Å². The molecule has 1 aliphatic carbocycles. The lowest BCUT2D eigenvalue weighted by Gasteiger charge is -2.26. The van der Waals surface area contributed by atoms with Crippen molar-refractivity contribution in [2.45, 2.75) is 51.9 Å². The van der Waals surface area contributed by atoms with E-state index in [0.29, 0.717) is 11.5 Å². The van der Waals surface area contributed by atoms with Crippen LogP contribution in [0.2, 0.25) is 0 Å². The fourth-order valence-corrected chi connectivity index (χ4v) is 4.69. The molecule has 0 atom stereocenters. The first-order chi connectivity index (χ1) is 16.5. The van der Waals surface area contributed by atoms with Gasteiger partial charge in [-0.1, -0.05) is 75.2 Å². The van der Waals surface area contributed by atoms with Crippen molar-refractivity contribution in [3.05, 3.63) is 89.8 Å². The van der Waals surface area contributed by atoms with Gasteiger partial charge in [0.05, 0.1) is 0 Å². The second-order valence-electron chi connectivity index (χ2n) is 9.20. The fraction of sp³-hybridized carbons (Fsp3) is 0.333. The van der Waals surface area contributed by atoms with E-state index in [1.165, 1.54) is 12.1 Å². The van der Waals surface area contributed by atoms with E-state index in [9.17, 15) is 13.2 Å². The van der Waals surface area contributed by atoms with Crippen molar-refractivity contribution in [2.24, 2.45) is 5.92 Å². The van der Waals surface area contributed by atoms with E-state index >= 15 is 0 Å². The molecule has 3 aromatic rings. The topological polar surface area (TPSA) is 9.23 Å². The summed E-state index contributed by atoms with van der Waals surface area (Å²) in [6.07, 6.45) is 8.89. The minimum atomic E-state index is -0.999. The number of halogens is 3. The average Bonchev–Trinajstić information content (AvgIpc) is 2.85. The van der Waals surface area contributed by atoms with E-state index in [1.807, 2.05) is 37.3 Å². The smallest absolute Gasteiger partial charge is 0.201 e. The minimum Gasteiger partial charge on any atom is -0.486 e. The van der Waals surface area contributed by atoms with Gasteiger partial charge in [0, 0.05) is 5.56 Å². The molecule has 34 heavy (non-hydrogen) atoms. The normalized spacial score (nSPS) is 18.4. The van der Waals surface area contributed by atoms with Gasteiger partial charge in [-0.2, -0.15) is 4.39 Å². The Labute approximate surface area is 200 Å². The predicted octanol–water partition coefficient (Wildman–Crippen LogP) is 9.08. The SMILES string of the molecule is CC/C=C/COc1ccc(-c2ccc(-c3ccc(C4CCC(C)CC4)c(F)c3)cc2)c(F)c1F. The second-order valence-corrected chi connectivity index (χ2v) is 9.20. The molecule has 4 rings (SSSR count). The van der Waals surface area contributed by atoms with E-state index in [2.05, 4.69) is 6.92 Å². The van der Waals surface area contributed by atoms with Crippen molar-refractivity contribution in [3.8, 4) is 28.0 Å². The third-order valence-corrected chi connectivity index (χ3v) is 6.77. The van der Waals surface area contributed by atoms with E-state index in [1.54, 1.807) is 24.3 Å². The maximum Gasteiger partial charge on any atom is 0.201 e. The number of benzene rings is 3. The van der Waals surface area contributed by atoms with Crippen LogP contribution in [0.5, 0.6) is 5.75 Å². The number of rotatable bonds is 7. The molecule has 0 aliphatic heterocycles. The molecule has 0 amide bonds. The number of hydrogen-bond donors (Lipinski definition) is 0. The maximum absolute atomic E-state index is 14.9. The highest BCUT2D eigenvalue weighted by Gasteiger charge is 2.22. The van der Waals surface area contributed by atoms with Gasteiger partial charge in [-0.25, -0.2) is 8.78 Å². The Morgan fingerprint density at radius 3 is 2.15 bits per heavy atom. The highest BCUT2D eigenvalue weighted by molar-refractivity contribution is 5.71. The van der Waals surface area contributed by atoms with Gasteiger partial charge >= 0.3 is 0 Å². The third-order valence-electron chi connectivity index (χ3n) is 6.77. The Morgan fingerprint density at radius 1 is 0.794 bits per heavy atom. The Hall–Kier alpha value is -3.01. The predicted molar refractivity (Wildman–Crippen MR) is 132 cm³/mol. The van der Waals surface area contributed by atoms with Crippen molar-refractivity contribution < 1.29 is 17.9 Å². The number of hydrogen-bond acceptors (Lipinski definition) is 1. The van der Waals surface area contributed by atoms with Crippen LogP contribution >= 0.6 is 0 Å². The van der Waals surface area contributed by atoms with Crippen LogP contribution in [0, 0.1) is 23.4 Å². The first kappa shape index (κ1) is 24.1. The Kier molecular flexibility index (Phi) is 7.77. The monoisotopic (exact) mass is 464 g/mol. The Morgan fingerprint density at radius 2 is 1.47 bits per heavy atom. The Balaban J connectivity index is 1.50. The second kappa shape index (κ2) is 10.9. The van der Waals surface area contributed by atoms with Crippen molar-refractivity contribution in [1.29, 1.82) is 0 Å². The van der Waals surface area contributed by atoms with Gasteiger partial charge in [0.1, 0.15) is 12.4 Å². The van der Waals surface area contributed by atoms with Crippen LogP contribution in [0.15, 0.2) is 66.7 Å². The summed E-state index contributed by atoms with van der Waals surface area (Å²) in [6.45, 7) is 4.43. The summed E-state index contributed by atoms with van der Waals surface area (Å²) < 4.78 is 49.5. The molecule has 178 valence electrons. The van der Waals surface area contributed by atoms with Crippen LogP contribution in [0.1, 0.15) is 57.4 Å². The molecule has 1 aliphatic rings. The molecular weight excluding hydrogens is 433 g/mol. The van der Waals surface area contributed by atoms with Crippen molar-refractivity contribution in [2.75, 3.05) is 6.61 Å². The number of ether oxygens (including phenoxy) is 1. The lowest BCUT2D eigenvalue weighted by molar-refractivity contribution is 0.332. The minimum absolute atomic E-state index is 0.110. The molecule has 3 aromatic carbocycles. The highest BCUT2D eigenvalue weighted by atomic mass is 19.2. The molecule has 1 nitrogen and oxygen atoms in total. The van der Waals surface area contributed by atoms with Gasteiger partial charge in [-0.05, 0) is 71.6 Å². The fourth-order valence-electron chi connectivity index (χ4n) is 4.69. The van der Waals surface area contributed by atoms with Gasteiger partial charge in [0.25, 0.3) is 0 Å². The van der Waals surface area contributed by atoms with E-state index < -0.39 is 11.6 Å². The Bertz CT molecular complexity index is 1140. The summed E-state index contributed by atoms with van der Waals surface area (Å²) in [7, 11) is 0. The third kappa shape index (κ3) is 5.38. The maximum atomic E-state index is 14.9. The molecule has 0 saturated heterocycles. The van der Waals surface area contributed by atoms with Crippen molar-refractivity contribution in [3.63, 3.8) is 0 Å².